The molecule has 0 unspecified atom stereocenters. The standard InChI is InChI=1S/C8H6N2Se2/c9-7(11)5-1-2-6(4-3-5)8(10)12/h1-4,9-10H. The van der Waals surface area contributed by atoms with Crippen LogP contribution in [0, 0.1) is 10.8 Å². The molecule has 60 valence electrons. The van der Waals surface area contributed by atoms with Crippen molar-refractivity contribution in [2.45, 2.75) is 0 Å². The van der Waals surface area contributed by atoms with Crippen LogP contribution in [0.3, 0.4) is 0 Å². The first-order valence-corrected chi connectivity index (χ1v) is 4.94. The quantitative estimate of drug-likeness (QED) is 0.594. The third-order valence-electron chi connectivity index (χ3n) is 1.41. The summed E-state index contributed by atoms with van der Waals surface area (Å²) in [5.41, 5.74) is 1.69. The van der Waals surface area contributed by atoms with Gasteiger partial charge in [0.05, 0.1) is 0 Å². The maximum atomic E-state index is 7.30. The van der Waals surface area contributed by atoms with Crippen LogP contribution in [0.2, 0.25) is 0 Å². The first-order valence-electron chi connectivity index (χ1n) is 3.23. The third kappa shape index (κ3) is 2.29. The van der Waals surface area contributed by atoms with Gasteiger partial charge in [-0.05, 0) is 0 Å². The zero-order chi connectivity index (χ0) is 9.14. The van der Waals surface area contributed by atoms with Gasteiger partial charge in [0.1, 0.15) is 0 Å². The molecule has 2 nitrogen and oxygen atoms in total. The Balaban J connectivity index is 3.01. The van der Waals surface area contributed by atoms with Crippen LogP contribution in [0.15, 0.2) is 24.3 Å². The van der Waals surface area contributed by atoms with Gasteiger partial charge in [0.25, 0.3) is 0 Å². The predicted molar refractivity (Wildman–Crippen MR) is 51.6 cm³/mol. The van der Waals surface area contributed by atoms with E-state index in [1.54, 1.807) is 0 Å². The average molecular weight is 288 g/mol. The van der Waals surface area contributed by atoms with Gasteiger partial charge in [-0.25, -0.2) is 0 Å². The van der Waals surface area contributed by atoms with E-state index in [0.717, 1.165) is 11.1 Å². The van der Waals surface area contributed by atoms with Crippen LogP contribution >= 0.6 is 0 Å². The van der Waals surface area contributed by atoms with Gasteiger partial charge in [0, 0.05) is 0 Å². The van der Waals surface area contributed by atoms with Gasteiger partial charge in [-0.3, -0.25) is 0 Å². The van der Waals surface area contributed by atoms with Gasteiger partial charge in [0.2, 0.25) is 0 Å². The summed E-state index contributed by atoms with van der Waals surface area (Å²) >= 11 is 5.25. The number of benzene rings is 1. The van der Waals surface area contributed by atoms with E-state index >= 15 is 0 Å². The molecular formula is C8H6N2Se2. The molecule has 1 rings (SSSR count). The van der Waals surface area contributed by atoms with Crippen molar-refractivity contribution >= 4 is 41.2 Å². The molecule has 1 aromatic carbocycles. The average Bonchev–Trinajstić information content (AvgIpc) is 2.04. The molecule has 0 aromatic heterocycles. The fourth-order valence-electron chi connectivity index (χ4n) is 0.773. The van der Waals surface area contributed by atoms with Crippen molar-refractivity contribution in [3.05, 3.63) is 35.4 Å². The summed E-state index contributed by atoms with van der Waals surface area (Å²) in [4.78, 5) is 0. The van der Waals surface area contributed by atoms with E-state index in [1.165, 1.54) is 0 Å². The molecule has 2 radical (unpaired) electrons. The monoisotopic (exact) mass is 290 g/mol. The van der Waals surface area contributed by atoms with Crippen molar-refractivity contribution in [2.24, 2.45) is 0 Å². The zero-order valence-electron chi connectivity index (χ0n) is 6.13. The maximum absolute atomic E-state index is 7.30. The fraction of sp³-hybridized carbons (Fsp3) is 0. The van der Waals surface area contributed by atoms with Crippen LogP contribution in [0.4, 0.5) is 0 Å². The molecule has 0 aliphatic rings. The molecule has 0 heterocycles. The molecule has 0 fully saturated rings. The van der Waals surface area contributed by atoms with E-state index in [2.05, 4.69) is 32.0 Å². The molecule has 0 spiro atoms. The summed E-state index contributed by atoms with van der Waals surface area (Å²) in [6, 6.07) is 7.28. The van der Waals surface area contributed by atoms with E-state index in [9.17, 15) is 0 Å². The van der Waals surface area contributed by atoms with Crippen LogP contribution in [0.25, 0.3) is 0 Å². The molecule has 0 amide bonds. The van der Waals surface area contributed by atoms with Crippen molar-refractivity contribution in [3.8, 4) is 0 Å². The topological polar surface area (TPSA) is 47.7 Å². The molecule has 1 aromatic rings. The zero-order valence-corrected chi connectivity index (χ0v) is 9.55. The Morgan fingerprint density at radius 2 is 1.08 bits per heavy atom. The van der Waals surface area contributed by atoms with Gasteiger partial charge >= 0.3 is 87.5 Å². The fourth-order valence-corrected chi connectivity index (χ4v) is 1.34. The molecular weight excluding hydrogens is 282 g/mol. The molecule has 0 aliphatic heterocycles. The van der Waals surface area contributed by atoms with Crippen LogP contribution in [-0.2, 0) is 0 Å². The summed E-state index contributed by atoms with van der Waals surface area (Å²) < 4.78 is 0.848. The minimum absolute atomic E-state index is 0.424. The number of hydrogen-bond acceptors (Lipinski definition) is 2. The molecule has 12 heavy (non-hydrogen) atoms. The molecule has 0 saturated carbocycles. The molecule has 0 bridgehead atoms. The Bertz CT molecular complexity index is 283. The van der Waals surface area contributed by atoms with E-state index in [4.69, 9.17) is 10.8 Å². The van der Waals surface area contributed by atoms with E-state index in [1.807, 2.05) is 24.3 Å². The Morgan fingerprint density at radius 3 is 1.25 bits per heavy atom. The minimum atomic E-state index is 0.424. The van der Waals surface area contributed by atoms with Gasteiger partial charge < -0.3 is 0 Å². The second-order valence-corrected chi connectivity index (χ2v) is 3.95. The molecule has 0 atom stereocenters. The summed E-state index contributed by atoms with van der Waals surface area (Å²) in [5.74, 6) is 0. The van der Waals surface area contributed by atoms with E-state index in [0.29, 0.717) is 9.22 Å². The van der Waals surface area contributed by atoms with Gasteiger partial charge in [-0.15, -0.1) is 0 Å². The van der Waals surface area contributed by atoms with Gasteiger partial charge in [-0.1, -0.05) is 0 Å². The van der Waals surface area contributed by atoms with E-state index < -0.39 is 0 Å². The SMILES string of the molecule is N=C([Se])c1ccc(C(=N)[Se])cc1. The second kappa shape index (κ2) is 4.01. The normalized spacial score (nSPS) is 9.33. The van der Waals surface area contributed by atoms with Crippen molar-refractivity contribution in [2.75, 3.05) is 0 Å². The third-order valence-corrected chi connectivity index (χ3v) is 2.40. The number of hydrogen-bond donors (Lipinski definition) is 2. The summed E-state index contributed by atoms with van der Waals surface area (Å²) in [5, 5.41) is 14.6. The number of rotatable bonds is 2. The number of nitrogens with one attached hydrogen (secondary N) is 2. The van der Waals surface area contributed by atoms with Crippen molar-refractivity contribution in [1.29, 1.82) is 10.8 Å². The first-order chi connectivity index (χ1) is 5.61. The molecule has 0 aliphatic carbocycles. The van der Waals surface area contributed by atoms with Gasteiger partial charge in [0.15, 0.2) is 0 Å². The predicted octanol–water partition coefficient (Wildman–Crippen LogP) is 0.674. The summed E-state index contributed by atoms with van der Waals surface area (Å²) in [6.45, 7) is 0. The molecule has 4 heteroatoms. The Hall–Kier alpha value is -0.401. The molecule has 2 N–H and O–H groups in total. The van der Waals surface area contributed by atoms with Crippen LogP contribution in [-0.4, -0.2) is 41.2 Å². The molecule has 0 saturated heterocycles. The van der Waals surface area contributed by atoms with Crippen molar-refractivity contribution in [3.63, 3.8) is 0 Å². The van der Waals surface area contributed by atoms with Crippen molar-refractivity contribution < 1.29 is 0 Å². The first kappa shape index (κ1) is 9.69. The van der Waals surface area contributed by atoms with E-state index in [-0.39, 0.29) is 0 Å². The Labute approximate surface area is 87.4 Å². The summed E-state index contributed by atoms with van der Waals surface area (Å²) in [7, 11) is 0. The van der Waals surface area contributed by atoms with Crippen LogP contribution < -0.4 is 0 Å². The van der Waals surface area contributed by atoms with Crippen molar-refractivity contribution in [1.82, 2.24) is 0 Å². The second-order valence-electron chi connectivity index (χ2n) is 2.24. The Morgan fingerprint density at radius 1 is 0.833 bits per heavy atom. The van der Waals surface area contributed by atoms with Crippen LogP contribution in [0.1, 0.15) is 11.1 Å². The van der Waals surface area contributed by atoms with Gasteiger partial charge in [-0.2, -0.15) is 0 Å². The summed E-state index contributed by atoms with van der Waals surface area (Å²) in [6.07, 6.45) is 0. The Kier molecular flexibility index (Phi) is 3.24. The van der Waals surface area contributed by atoms with Crippen LogP contribution in [0.5, 0.6) is 0 Å².